The van der Waals surface area contributed by atoms with Crippen LogP contribution in [0.2, 0.25) is 0 Å². The molecule has 2 aliphatic rings. The normalized spacial score (nSPS) is 23.9. The second kappa shape index (κ2) is 9.54. The summed E-state index contributed by atoms with van der Waals surface area (Å²) in [5, 5.41) is 9.39. The smallest absolute Gasteiger partial charge is 0.410 e. The molecule has 2 aromatic rings. The van der Waals surface area contributed by atoms with Crippen molar-refractivity contribution in [2.45, 2.75) is 64.6 Å². The maximum Gasteiger partial charge on any atom is 0.410 e. The van der Waals surface area contributed by atoms with Gasteiger partial charge in [0.1, 0.15) is 29.4 Å². The summed E-state index contributed by atoms with van der Waals surface area (Å²) >= 11 is 0. The first-order chi connectivity index (χ1) is 17.0. The van der Waals surface area contributed by atoms with Gasteiger partial charge in [0.2, 0.25) is 0 Å². The number of amides is 1. The van der Waals surface area contributed by atoms with Gasteiger partial charge in [-0.1, -0.05) is 6.92 Å². The van der Waals surface area contributed by atoms with Crippen LogP contribution in [-0.2, 0) is 14.9 Å². The first kappa shape index (κ1) is 25.6. The molecule has 36 heavy (non-hydrogen) atoms. The van der Waals surface area contributed by atoms with Crippen LogP contribution in [0, 0.1) is 11.3 Å². The quantitative estimate of drug-likeness (QED) is 0.631. The molecule has 0 saturated carbocycles. The van der Waals surface area contributed by atoms with Crippen molar-refractivity contribution >= 4 is 23.5 Å². The Hall–Kier alpha value is -3.45. The van der Waals surface area contributed by atoms with Crippen LogP contribution < -0.4 is 9.80 Å². The molecule has 10 heteroatoms. The third-order valence-corrected chi connectivity index (χ3v) is 6.67. The topological polar surface area (TPSA) is 108 Å². The van der Waals surface area contributed by atoms with Crippen molar-refractivity contribution in [2.24, 2.45) is 0 Å². The van der Waals surface area contributed by atoms with Gasteiger partial charge in [0.25, 0.3) is 0 Å². The van der Waals surface area contributed by atoms with E-state index in [2.05, 4.69) is 34.8 Å². The minimum absolute atomic E-state index is 0.00797. The zero-order chi connectivity index (χ0) is 26.3. The fourth-order valence-electron chi connectivity index (χ4n) is 5.09. The van der Waals surface area contributed by atoms with E-state index in [9.17, 15) is 10.1 Å². The van der Waals surface area contributed by atoms with Crippen LogP contribution in [0.1, 0.15) is 52.7 Å². The Morgan fingerprint density at radius 3 is 2.58 bits per heavy atom. The molecule has 2 aromatic heterocycles. The van der Waals surface area contributed by atoms with E-state index >= 15 is 0 Å². The summed E-state index contributed by atoms with van der Waals surface area (Å²) in [5.74, 6) is 2.26. The lowest BCUT2D eigenvalue weighted by Gasteiger charge is -2.45. The Morgan fingerprint density at radius 2 is 1.92 bits per heavy atom. The molecule has 0 N–H and O–H groups in total. The summed E-state index contributed by atoms with van der Waals surface area (Å²) in [6, 6.07) is 5.59. The Bertz CT molecular complexity index is 1170. The molecule has 0 radical (unpaired) electrons. The first-order valence-electron chi connectivity index (χ1n) is 12.2. The molecule has 10 nitrogen and oxygen atoms in total. The number of rotatable bonds is 4. The third-order valence-electron chi connectivity index (χ3n) is 6.67. The van der Waals surface area contributed by atoms with Crippen molar-refractivity contribution in [2.75, 3.05) is 43.2 Å². The van der Waals surface area contributed by atoms with Gasteiger partial charge in [0.05, 0.1) is 18.2 Å². The fraction of sp³-hybridized carbons (Fsp3) is 0.577. The summed E-state index contributed by atoms with van der Waals surface area (Å²) in [5.41, 5.74) is 0.570. The molecule has 0 unspecified atom stereocenters. The molecule has 0 spiro atoms. The zero-order valence-corrected chi connectivity index (χ0v) is 22.1. The number of anilines is 3. The third kappa shape index (κ3) is 4.80. The predicted octanol–water partition coefficient (Wildman–Crippen LogP) is 3.63. The van der Waals surface area contributed by atoms with Crippen LogP contribution in [0.4, 0.5) is 22.2 Å². The number of piperazine rings is 1. The van der Waals surface area contributed by atoms with E-state index in [0.29, 0.717) is 37.6 Å². The zero-order valence-electron chi connectivity index (χ0n) is 22.1. The van der Waals surface area contributed by atoms with Gasteiger partial charge in [-0.15, -0.1) is 0 Å². The number of methoxy groups -OCH3 is 1. The second-order valence-electron chi connectivity index (χ2n) is 11.0. The molecule has 4 heterocycles. The molecule has 0 bridgehead atoms. The maximum atomic E-state index is 12.8. The molecular formula is C26H35N7O3. The van der Waals surface area contributed by atoms with Crippen LogP contribution >= 0.6 is 0 Å². The van der Waals surface area contributed by atoms with Crippen LogP contribution in [0.3, 0.4) is 0 Å². The molecule has 1 fully saturated rings. The lowest BCUT2D eigenvalue weighted by Crippen LogP contribution is -2.59. The van der Waals surface area contributed by atoms with E-state index in [4.69, 9.17) is 14.5 Å². The molecule has 4 rings (SSSR count). The Kier molecular flexibility index (Phi) is 6.80. The van der Waals surface area contributed by atoms with Gasteiger partial charge in [-0.25, -0.2) is 19.7 Å². The van der Waals surface area contributed by atoms with Crippen LogP contribution in [0.5, 0.6) is 0 Å². The van der Waals surface area contributed by atoms with Gasteiger partial charge < -0.3 is 24.2 Å². The number of carbonyl (C=O) groups excluding carboxylic acids is 1. The fourth-order valence-corrected chi connectivity index (χ4v) is 5.09. The average molecular weight is 494 g/mol. The number of ether oxygens (including phenoxy) is 2. The predicted molar refractivity (Wildman–Crippen MR) is 136 cm³/mol. The summed E-state index contributed by atoms with van der Waals surface area (Å²) in [6.45, 7) is 14.1. The minimum Gasteiger partial charge on any atom is -0.444 e. The SMILES string of the molecule is COC[C@]1(C)CN(c2cc(C#N)ccn2)c2ncnc(N3C[C@@H](C)N(C(=O)OC(C)(C)C)C[C@@H]3C)c21. The number of nitrogens with zero attached hydrogens (tertiary/aromatic N) is 7. The van der Waals surface area contributed by atoms with Crippen molar-refractivity contribution in [1.82, 2.24) is 19.9 Å². The van der Waals surface area contributed by atoms with Crippen molar-refractivity contribution < 1.29 is 14.3 Å². The highest BCUT2D eigenvalue weighted by molar-refractivity contribution is 5.75. The van der Waals surface area contributed by atoms with Crippen LogP contribution in [-0.4, -0.2) is 77.0 Å². The maximum absolute atomic E-state index is 12.8. The highest BCUT2D eigenvalue weighted by Gasteiger charge is 2.46. The monoisotopic (exact) mass is 493 g/mol. The summed E-state index contributed by atoms with van der Waals surface area (Å²) in [4.78, 5) is 32.9. The standard InChI is InChI=1S/C26H35N7O3/c1-17-13-32(24(34)36-25(3,4)5)18(2)12-31(17)22-21-23(30-16-29-22)33(14-26(21,6)15-35-7)20-10-19(11-27)8-9-28-20/h8-10,16-18H,12-15H2,1-7H3/t17-,18+,26-/m0/s1. The molecule has 0 aromatic carbocycles. The number of nitriles is 1. The summed E-state index contributed by atoms with van der Waals surface area (Å²) in [7, 11) is 1.69. The number of carbonyl (C=O) groups is 1. The van der Waals surface area contributed by atoms with Crippen LogP contribution in [0.15, 0.2) is 24.7 Å². The molecule has 192 valence electrons. The lowest BCUT2D eigenvalue weighted by molar-refractivity contribution is 0.0129. The number of aromatic nitrogens is 3. The highest BCUT2D eigenvalue weighted by Crippen LogP contribution is 2.47. The van der Waals surface area contributed by atoms with E-state index in [-0.39, 0.29) is 18.2 Å². The Labute approximate surface area is 212 Å². The molecule has 1 saturated heterocycles. The van der Waals surface area contributed by atoms with Gasteiger partial charge in [-0.2, -0.15) is 5.26 Å². The van der Waals surface area contributed by atoms with Crippen molar-refractivity contribution in [3.63, 3.8) is 0 Å². The molecular weight excluding hydrogens is 458 g/mol. The number of hydrogen-bond donors (Lipinski definition) is 0. The van der Waals surface area contributed by atoms with Gasteiger partial charge in [0, 0.05) is 56.0 Å². The van der Waals surface area contributed by atoms with E-state index in [1.54, 1.807) is 36.7 Å². The number of pyridine rings is 1. The van der Waals surface area contributed by atoms with Gasteiger partial charge in [-0.3, -0.25) is 0 Å². The first-order valence-corrected chi connectivity index (χ1v) is 12.2. The second-order valence-corrected chi connectivity index (χ2v) is 11.0. The summed E-state index contributed by atoms with van der Waals surface area (Å²) < 4.78 is 11.3. The molecule has 1 amide bonds. The van der Waals surface area contributed by atoms with Crippen molar-refractivity contribution in [3.05, 3.63) is 35.8 Å². The van der Waals surface area contributed by atoms with E-state index in [0.717, 1.165) is 17.2 Å². The van der Waals surface area contributed by atoms with Crippen molar-refractivity contribution in [3.8, 4) is 6.07 Å². The molecule has 3 atom stereocenters. The lowest BCUT2D eigenvalue weighted by atomic mass is 9.85. The van der Waals surface area contributed by atoms with Crippen LogP contribution in [0.25, 0.3) is 0 Å². The van der Waals surface area contributed by atoms with Crippen molar-refractivity contribution in [1.29, 1.82) is 5.26 Å². The van der Waals surface area contributed by atoms with E-state index < -0.39 is 11.0 Å². The minimum atomic E-state index is -0.549. The largest absolute Gasteiger partial charge is 0.444 e. The summed E-state index contributed by atoms with van der Waals surface area (Å²) in [6.07, 6.45) is 2.92. The molecule has 0 aliphatic carbocycles. The van der Waals surface area contributed by atoms with Gasteiger partial charge >= 0.3 is 6.09 Å². The van der Waals surface area contributed by atoms with Gasteiger partial charge in [0.15, 0.2) is 0 Å². The number of fused-ring (bicyclic) bond motifs is 1. The molecule has 2 aliphatic heterocycles. The Balaban J connectivity index is 1.71. The van der Waals surface area contributed by atoms with E-state index in [1.165, 1.54) is 0 Å². The highest BCUT2D eigenvalue weighted by atomic mass is 16.6. The Morgan fingerprint density at radius 1 is 1.19 bits per heavy atom. The number of hydrogen-bond acceptors (Lipinski definition) is 9. The van der Waals surface area contributed by atoms with E-state index in [1.807, 2.05) is 32.6 Å². The average Bonchev–Trinajstić information content (AvgIpc) is 3.12. The van der Waals surface area contributed by atoms with Gasteiger partial charge in [-0.05, 0) is 46.8 Å².